The van der Waals surface area contributed by atoms with Gasteiger partial charge in [0.1, 0.15) is 17.9 Å². The van der Waals surface area contributed by atoms with Crippen molar-refractivity contribution in [2.75, 3.05) is 32.7 Å². The van der Waals surface area contributed by atoms with Gasteiger partial charge < -0.3 is 15.0 Å². The zero-order valence-electron chi connectivity index (χ0n) is 22.3. The van der Waals surface area contributed by atoms with Gasteiger partial charge in [0.25, 0.3) is 10.2 Å². The monoisotopic (exact) mass is 595 g/mol. The number of likely N-dealkylation sites (tertiary alicyclic amines) is 1. The molecule has 0 spiro atoms. The smallest absolute Gasteiger partial charge is 0.416 e. The molecular weight excluding hydrogens is 563 g/mol. The van der Waals surface area contributed by atoms with Crippen LogP contribution in [0.2, 0.25) is 0 Å². The van der Waals surface area contributed by atoms with Crippen LogP contribution in [-0.2, 0) is 32.5 Å². The fourth-order valence-electron chi connectivity index (χ4n) is 5.45. The Balaban J connectivity index is 1.14. The summed E-state index contributed by atoms with van der Waals surface area (Å²) in [6, 6.07) is 7.25. The summed E-state index contributed by atoms with van der Waals surface area (Å²) >= 11 is 0. The van der Waals surface area contributed by atoms with Crippen LogP contribution in [0.5, 0.6) is 5.75 Å². The lowest BCUT2D eigenvalue weighted by molar-refractivity contribution is -0.142. The van der Waals surface area contributed by atoms with Crippen LogP contribution < -0.4 is 10.1 Å². The summed E-state index contributed by atoms with van der Waals surface area (Å²) in [4.78, 5) is 31.9. The van der Waals surface area contributed by atoms with Crippen molar-refractivity contribution in [3.05, 3.63) is 59.9 Å². The van der Waals surface area contributed by atoms with Crippen molar-refractivity contribution >= 4 is 22.0 Å². The van der Waals surface area contributed by atoms with Gasteiger partial charge in [0, 0.05) is 38.6 Å². The van der Waals surface area contributed by atoms with Crippen molar-refractivity contribution in [3.63, 3.8) is 0 Å². The number of hydrogen-bond acceptors (Lipinski definition) is 6. The normalized spacial score (nSPS) is 22.8. The van der Waals surface area contributed by atoms with Crippen molar-refractivity contribution in [1.82, 2.24) is 23.8 Å². The number of piperidine rings is 1. The number of carbonyl (C=O) groups excluding carboxylic acids is 2. The molecule has 2 amide bonds. The van der Waals surface area contributed by atoms with Crippen molar-refractivity contribution in [2.45, 2.75) is 50.6 Å². The molecule has 4 heterocycles. The molecule has 2 aromatic rings. The number of pyridine rings is 1. The minimum absolute atomic E-state index is 0.0344. The third-order valence-corrected chi connectivity index (χ3v) is 9.67. The van der Waals surface area contributed by atoms with E-state index in [9.17, 15) is 31.2 Å². The second-order valence-corrected chi connectivity index (χ2v) is 12.5. The van der Waals surface area contributed by atoms with E-state index in [2.05, 4.69) is 10.3 Å². The number of ether oxygens (including phenoxy) is 1. The quantitative estimate of drug-likeness (QED) is 0.502. The highest BCUT2D eigenvalue weighted by Gasteiger charge is 2.44. The Morgan fingerprint density at radius 1 is 0.951 bits per heavy atom. The van der Waals surface area contributed by atoms with Crippen LogP contribution in [0.25, 0.3) is 0 Å². The summed E-state index contributed by atoms with van der Waals surface area (Å²) < 4.78 is 73.4. The highest BCUT2D eigenvalue weighted by molar-refractivity contribution is 7.86. The molecular formula is C27H32F3N5O5S. The average Bonchev–Trinajstić information content (AvgIpc) is 3.43. The van der Waals surface area contributed by atoms with E-state index in [4.69, 9.17) is 4.74 Å². The fraction of sp³-hybridized carbons (Fsp3) is 0.519. The summed E-state index contributed by atoms with van der Waals surface area (Å²) in [5, 5.41) is 2.73. The number of nitrogens with one attached hydrogen (secondary N) is 1. The molecule has 222 valence electrons. The Kier molecular flexibility index (Phi) is 8.52. The number of halogens is 3. The van der Waals surface area contributed by atoms with Gasteiger partial charge in [-0.1, -0.05) is 12.1 Å². The van der Waals surface area contributed by atoms with Gasteiger partial charge in [0.15, 0.2) is 0 Å². The highest BCUT2D eigenvalue weighted by Crippen LogP contribution is 2.30. The summed E-state index contributed by atoms with van der Waals surface area (Å²) in [5.41, 5.74) is -0.259. The number of aromatic nitrogens is 1. The minimum atomic E-state index is -4.44. The maximum absolute atomic E-state index is 13.5. The maximum atomic E-state index is 13.5. The van der Waals surface area contributed by atoms with Crippen LogP contribution in [0.1, 0.15) is 36.8 Å². The second-order valence-electron chi connectivity index (χ2n) is 10.5. The van der Waals surface area contributed by atoms with E-state index in [0.29, 0.717) is 50.1 Å². The number of hydrogen-bond donors (Lipinski definition) is 1. The minimum Gasteiger partial charge on any atom is -0.488 e. The molecule has 1 N–H and O–H groups in total. The molecule has 5 rings (SSSR count). The molecule has 0 radical (unpaired) electrons. The van der Waals surface area contributed by atoms with E-state index >= 15 is 0 Å². The number of amides is 2. The topological polar surface area (TPSA) is 112 Å². The lowest BCUT2D eigenvalue weighted by Gasteiger charge is -2.42. The molecule has 2 atom stereocenters. The first-order valence-electron chi connectivity index (χ1n) is 13.6. The number of carbonyl (C=O) groups is 2. The van der Waals surface area contributed by atoms with Gasteiger partial charge in [-0.05, 0) is 55.5 Å². The SMILES string of the molecule is O=C(NCc1ccc(C(F)(F)F)cc1)[C@H]1CCCN1C(=O)[C@H]1CCCN(S(=O)(=O)N2CC(Oc3ccncc3)C2)C1. The molecule has 3 fully saturated rings. The van der Waals surface area contributed by atoms with Crippen LogP contribution in [0.3, 0.4) is 0 Å². The van der Waals surface area contributed by atoms with Crippen LogP contribution in [0.15, 0.2) is 48.8 Å². The Morgan fingerprint density at radius 2 is 1.63 bits per heavy atom. The van der Waals surface area contributed by atoms with Gasteiger partial charge in [0.05, 0.1) is 24.6 Å². The molecule has 0 unspecified atom stereocenters. The van der Waals surface area contributed by atoms with E-state index < -0.39 is 33.9 Å². The van der Waals surface area contributed by atoms with Crippen LogP contribution in [0.4, 0.5) is 13.2 Å². The molecule has 3 aliphatic heterocycles. The summed E-state index contributed by atoms with van der Waals surface area (Å²) in [6.07, 6.45) is 0.641. The molecule has 0 saturated carbocycles. The Labute approximate surface area is 236 Å². The van der Waals surface area contributed by atoms with Crippen LogP contribution in [0, 0.1) is 5.92 Å². The number of rotatable bonds is 8. The fourth-order valence-corrected chi connectivity index (χ4v) is 7.21. The third kappa shape index (κ3) is 6.65. The predicted molar refractivity (Wildman–Crippen MR) is 141 cm³/mol. The zero-order chi connectivity index (χ0) is 29.2. The molecule has 0 bridgehead atoms. The summed E-state index contributed by atoms with van der Waals surface area (Å²) in [7, 11) is -3.77. The first-order valence-corrected chi connectivity index (χ1v) is 15.0. The number of alkyl halides is 3. The Morgan fingerprint density at radius 3 is 2.32 bits per heavy atom. The lowest BCUT2D eigenvalue weighted by atomic mass is 9.97. The van der Waals surface area contributed by atoms with Crippen molar-refractivity contribution < 1.29 is 35.9 Å². The van der Waals surface area contributed by atoms with Gasteiger partial charge in [-0.15, -0.1) is 0 Å². The molecule has 3 saturated heterocycles. The largest absolute Gasteiger partial charge is 0.488 e. The van der Waals surface area contributed by atoms with Gasteiger partial charge >= 0.3 is 6.18 Å². The predicted octanol–water partition coefficient (Wildman–Crippen LogP) is 2.43. The number of nitrogens with zero attached hydrogens (tertiary/aromatic N) is 4. The van der Waals surface area contributed by atoms with Crippen molar-refractivity contribution in [1.29, 1.82) is 0 Å². The summed E-state index contributed by atoms with van der Waals surface area (Å²) in [6.45, 7) is 1.22. The van der Waals surface area contributed by atoms with Gasteiger partial charge in [-0.25, -0.2) is 0 Å². The average molecular weight is 596 g/mol. The molecule has 1 aromatic carbocycles. The molecule has 41 heavy (non-hydrogen) atoms. The van der Waals surface area contributed by atoms with E-state index in [1.54, 1.807) is 24.5 Å². The molecule has 10 nitrogen and oxygen atoms in total. The molecule has 14 heteroatoms. The standard InChI is InChI=1S/C27H32F3N5O5S/c28-27(29,30)21-7-5-19(6-8-21)15-32-25(36)24-4-2-14-35(24)26(37)20-3-1-13-33(16-20)41(38,39)34-17-23(18-34)40-22-9-11-31-12-10-22/h5-12,20,23-24H,1-4,13-18H2,(H,32,36)/t20-,24+/m0/s1. The van der Waals surface area contributed by atoms with Crippen LogP contribution >= 0.6 is 0 Å². The molecule has 3 aliphatic rings. The maximum Gasteiger partial charge on any atom is 0.416 e. The van der Waals surface area contributed by atoms with E-state index in [-0.39, 0.29) is 44.1 Å². The Hall–Kier alpha value is -3.23. The lowest BCUT2D eigenvalue weighted by Crippen LogP contribution is -2.61. The van der Waals surface area contributed by atoms with Crippen molar-refractivity contribution in [3.8, 4) is 5.75 Å². The van der Waals surface area contributed by atoms with E-state index in [1.807, 2.05) is 0 Å². The first kappa shape index (κ1) is 29.3. The van der Waals surface area contributed by atoms with E-state index in [1.165, 1.54) is 25.6 Å². The van der Waals surface area contributed by atoms with Gasteiger partial charge in [-0.2, -0.15) is 30.2 Å². The number of benzene rings is 1. The van der Waals surface area contributed by atoms with Gasteiger partial charge in [0.2, 0.25) is 11.8 Å². The Bertz CT molecular complexity index is 1340. The molecule has 1 aromatic heterocycles. The molecule has 0 aliphatic carbocycles. The third-order valence-electron chi connectivity index (χ3n) is 7.74. The zero-order valence-corrected chi connectivity index (χ0v) is 23.1. The van der Waals surface area contributed by atoms with Crippen molar-refractivity contribution in [2.24, 2.45) is 5.92 Å². The second kappa shape index (κ2) is 11.9. The van der Waals surface area contributed by atoms with E-state index in [0.717, 1.165) is 12.1 Å². The summed E-state index contributed by atoms with van der Waals surface area (Å²) in [5.74, 6) is -0.572. The van der Waals surface area contributed by atoms with Gasteiger partial charge in [-0.3, -0.25) is 14.6 Å². The first-order chi connectivity index (χ1) is 19.5. The van der Waals surface area contributed by atoms with Crippen LogP contribution in [-0.4, -0.2) is 83.6 Å². The highest BCUT2D eigenvalue weighted by atomic mass is 32.2.